The Labute approximate surface area is 101 Å². The highest BCUT2D eigenvalue weighted by Crippen LogP contribution is 2.27. The number of hydrogen-bond acceptors (Lipinski definition) is 2. The fourth-order valence-corrected chi connectivity index (χ4v) is 1.92. The Morgan fingerprint density at radius 1 is 1.53 bits per heavy atom. The summed E-state index contributed by atoms with van der Waals surface area (Å²) in [6.45, 7) is 4.29. The molecule has 1 N–H and O–H groups in total. The van der Waals surface area contributed by atoms with Crippen molar-refractivity contribution in [3.8, 4) is 5.75 Å². The van der Waals surface area contributed by atoms with E-state index in [0.717, 1.165) is 18.4 Å². The zero-order valence-electron chi connectivity index (χ0n) is 9.80. The van der Waals surface area contributed by atoms with Gasteiger partial charge in [-0.3, -0.25) is 4.79 Å². The van der Waals surface area contributed by atoms with Crippen LogP contribution in [0, 0.1) is 0 Å². The van der Waals surface area contributed by atoms with Crippen molar-refractivity contribution in [1.82, 2.24) is 4.90 Å². The molecule has 0 saturated heterocycles. The van der Waals surface area contributed by atoms with Crippen molar-refractivity contribution < 1.29 is 9.90 Å². The Morgan fingerprint density at radius 2 is 2.29 bits per heavy atom. The summed E-state index contributed by atoms with van der Waals surface area (Å²) in [5.74, 6) is 0.315. The molecule has 1 amide bonds. The zero-order valence-corrected chi connectivity index (χ0v) is 9.80. The van der Waals surface area contributed by atoms with E-state index in [2.05, 4.69) is 6.58 Å². The number of rotatable bonds is 5. The lowest BCUT2D eigenvalue weighted by atomic mass is 10.1. The number of carbonyl (C=O) groups excluding carboxylic acids is 1. The maximum atomic E-state index is 12.1. The van der Waals surface area contributed by atoms with E-state index in [1.807, 2.05) is 11.0 Å². The highest BCUT2D eigenvalue weighted by atomic mass is 16.3. The van der Waals surface area contributed by atoms with E-state index < -0.39 is 0 Å². The van der Waals surface area contributed by atoms with Crippen LogP contribution in [-0.4, -0.2) is 28.5 Å². The number of carbonyl (C=O) groups is 1. The first-order valence-electron chi connectivity index (χ1n) is 5.89. The van der Waals surface area contributed by atoms with Crippen LogP contribution in [-0.2, 0) is 11.2 Å². The summed E-state index contributed by atoms with van der Waals surface area (Å²) >= 11 is 0. The van der Waals surface area contributed by atoms with E-state index >= 15 is 0 Å². The SMILES string of the molecule is C=CCN(C(=O)Cc1cccc(O)c1)C1CC1. The summed E-state index contributed by atoms with van der Waals surface area (Å²) in [4.78, 5) is 14.0. The molecule has 3 heteroatoms. The van der Waals surface area contributed by atoms with Crippen LogP contribution in [0.5, 0.6) is 5.75 Å². The van der Waals surface area contributed by atoms with E-state index in [1.54, 1.807) is 24.3 Å². The van der Waals surface area contributed by atoms with Crippen LogP contribution >= 0.6 is 0 Å². The van der Waals surface area contributed by atoms with E-state index in [1.165, 1.54) is 0 Å². The minimum Gasteiger partial charge on any atom is -0.508 e. The molecule has 1 aliphatic rings. The fourth-order valence-electron chi connectivity index (χ4n) is 1.92. The summed E-state index contributed by atoms with van der Waals surface area (Å²) < 4.78 is 0. The molecule has 0 heterocycles. The van der Waals surface area contributed by atoms with Crippen molar-refractivity contribution in [3.05, 3.63) is 42.5 Å². The first-order valence-corrected chi connectivity index (χ1v) is 5.89. The maximum Gasteiger partial charge on any atom is 0.227 e. The summed E-state index contributed by atoms with van der Waals surface area (Å²) in [7, 11) is 0. The number of hydrogen-bond donors (Lipinski definition) is 1. The molecule has 90 valence electrons. The van der Waals surface area contributed by atoms with Crippen LogP contribution in [0.1, 0.15) is 18.4 Å². The van der Waals surface area contributed by atoms with Gasteiger partial charge in [0.05, 0.1) is 6.42 Å². The van der Waals surface area contributed by atoms with Crippen LogP contribution in [0.15, 0.2) is 36.9 Å². The summed E-state index contributed by atoms with van der Waals surface area (Å²) in [5.41, 5.74) is 0.852. The van der Waals surface area contributed by atoms with Crippen LogP contribution in [0.4, 0.5) is 0 Å². The molecular weight excluding hydrogens is 214 g/mol. The lowest BCUT2D eigenvalue weighted by Crippen LogP contribution is -2.34. The topological polar surface area (TPSA) is 40.5 Å². The molecule has 17 heavy (non-hydrogen) atoms. The van der Waals surface area contributed by atoms with Gasteiger partial charge in [-0.05, 0) is 30.5 Å². The molecule has 1 aliphatic carbocycles. The van der Waals surface area contributed by atoms with Crippen molar-refractivity contribution in [2.45, 2.75) is 25.3 Å². The molecule has 0 spiro atoms. The molecule has 0 aliphatic heterocycles. The molecular formula is C14H17NO2. The minimum absolute atomic E-state index is 0.109. The maximum absolute atomic E-state index is 12.1. The highest BCUT2D eigenvalue weighted by molar-refractivity contribution is 5.79. The first-order chi connectivity index (χ1) is 8.20. The van der Waals surface area contributed by atoms with Gasteiger partial charge in [-0.25, -0.2) is 0 Å². The molecule has 1 saturated carbocycles. The lowest BCUT2D eigenvalue weighted by Gasteiger charge is -2.20. The molecule has 2 rings (SSSR count). The molecule has 1 fully saturated rings. The highest BCUT2D eigenvalue weighted by Gasteiger charge is 2.31. The lowest BCUT2D eigenvalue weighted by molar-refractivity contribution is -0.130. The predicted molar refractivity (Wildman–Crippen MR) is 66.7 cm³/mol. The van der Waals surface area contributed by atoms with Gasteiger partial charge in [-0.15, -0.1) is 6.58 Å². The number of nitrogens with zero attached hydrogens (tertiary/aromatic N) is 1. The smallest absolute Gasteiger partial charge is 0.227 e. The largest absolute Gasteiger partial charge is 0.508 e. The van der Waals surface area contributed by atoms with Gasteiger partial charge in [0, 0.05) is 12.6 Å². The van der Waals surface area contributed by atoms with Crippen LogP contribution < -0.4 is 0 Å². The average Bonchev–Trinajstić information content (AvgIpc) is 3.09. The van der Waals surface area contributed by atoms with Crippen molar-refractivity contribution in [1.29, 1.82) is 0 Å². The molecule has 0 bridgehead atoms. The van der Waals surface area contributed by atoms with Gasteiger partial charge in [0.2, 0.25) is 5.91 Å². The number of phenolic OH excluding ortho intramolecular Hbond substituents is 1. The zero-order chi connectivity index (χ0) is 12.3. The fraction of sp³-hybridized carbons (Fsp3) is 0.357. The number of aromatic hydroxyl groups is 1. The Kier molecular flexibility index (Phi) is 3.47. The second-order valence-electron chi connectivity index (χ2n) is 4.41. The Hall–Kier alpha value is -1.77. The van der Waals surface area contributed by atoms with Crippen LogP contribution in [0.25, 0.3) is 0 Å². The average molecular weight is 231 g/mol. The van der Waals surface area contributed by atoms with E-state index in [0.29, 0.717) is 19.0 Å². The van der Waals surface area contributed by atoms with Crippen molar-refractivity contribution >= 4 is 5.91 Å². The quantitative estimate of drug-likeness (QED) is 0.788. The standard InChI is InChI=1S/C14H17NO2/c1-2-8-15(12-6-7-12)14(17)10-11-4-3-5-13(16)9-11/h2-5,9,12,16H,1,6-8,10H2. The molecule has 3 nitrogen and oxygen atoms in total. The molecule has 0 atom stereocenters. The second-order valence-corrected chi connectivity index (χ2v) is 4.41. The van der Waals surface area contributed by atoms with Gasteiger partial charge in [0.25, 0.3) is 0 Å². The summed E-state index contributed by atoms with van der Waals surface area (Å²) in [6, 6.07) is 7.26. The minimum atomic E-state index is 0.109. The first kappa shape index (κ1) is 11.7. The van der Waals surface area contributed by atoms with E-state index in [-0.39, 0.29) is 11.7 Å². The normalized spacial score (nSPS) is 14.4. The van der Waals surface area contributed by atoms with Crippen LogP contribution in [0.3, 0.4) is 0 Å². The van der Waals surface area contributed by atoms with Crippen LogP contribution in [0.2, 0.25) is 0 Å². The third-order valence-corrected chi connectivity index (χ3v) is 2.90. The van der Waals surface area contributed by atoms with E-state index in [9.17, 15) is 9.90 Å². The molecule has 0 aromatic heterocycles. The summed E-state index contributed by atoms with van der Waals surface area (Å²) in [6.07, 6.45) is 4.30. The van der Waals surface area contributed by atoms with E-state index in [4.69, 9.17) is 0 Å². The Balaban J connectivity index is 2.01. The van der Waals surface area contributed by atoms with Gasteiger partial charge in [-0.2, -0.15) is 0 Å². The third kappa shape index (κ3) is 3.09. The van der Waals surface area contributed by atoms with Gasteiger partial charge >= 0.3 is 0 Å². The Morgan fingerprint density at radius 3 is 2.88 bits per heavy atom. The second kappa shape index (κ2) is 5.04. The van der Waals surface area contributed by atoms with Crippen molar-refractivity contribution in [2.75, 3.05) is 6.54 Å². The van der Waals surface area contributed by atoms with Gasteiger partial charge in [0.1, 0.15) is 5.75 Å². The molecule has 1 aromatic carbocycles. The third-order valence-electron chi connectivity index (χ3n) is 2.90. The molecule has 0 unspecified atom stereocenters. The molecule has 1 aromatic rings. The predicted octanol–water partition coefficient (Wildman–Crippen LogP) is 2.11. The Bertz CT molecular complexity index is 424. The van der Waals surface area contributed by atoms with Crippen molar-refractivity contribution in [3.63, 3.8) is 0 Å². The number of phenols is 1. The van der Waals surface area contributed by atoms with Gasteiger partial charge < -0.3 is 10.0 Å². The number of amides is 1. The molecule has 0 radical (unpaired) electrons. The van der Waals surface area contributed by atoms with Crippen molar-refractivity contribution in [2.24, 2.45) is 0 Å². The van der Waals surface area contributed by atoms with Gasteiger partial charge in [0.15, 0.2) is 0 Å². The van der Waals surface area contributed by atoms with Gasteiger partial charge in [-0.1, -0.05) is 18.2 Å². The number of benzene rings is 1. The summed E-state index contributed by atoms with van der Waals surface area (Å²) in [5, 5.41) is 9.35. The monoisotopic (exact) mass is 231 g/mol.